The van der Waals surface area contributed by atoms with E-state index in [-0.39, 0.29) is 5.91 Å². The lowest BCUT2D eigenvalue weighted by atomic mass is 10.00. The van der Waals surface area contributed by atoms with Crippen LogP contribution in [-0.4, -0.2) is 26.1 Å². The van der Waals surface area contributed by atoms with Crippen LogP contribution in [0.2, 0.25) is 5.02 Å². The van der Waals surface area contributed by atoms with Crippen LogP contribution >= 0.6 is 11.6 Å². The number of likely N-dealkylation sites (N-methyl/N-ethyl adjacent to an activating group) is 1. The number of halogens is 1. The molecule has 0 aliphatic carbocycles. The minimum absolute atomic E-state index is 0.150. The monoisotopic (exact) mass is 332 g/mol. The highest BCUT2D eigenvalue weighted by atomic mass is 35.5. The summed E-state index contributed by atoms with van der Waals surface area (Å²) >= 11 is 6.30. The number of nitrogens with zero attached hydrogens (tertiary/aromatic N) is 1. The van der Waals surface area contributed by atoms with Gasteiger partial charge >= 0.3 is 0 Å². The Labute approximate surface area is 141 Å². The van der Waals surface area contributed by atoms with E-state index in [1.54, 1.807) is 25.1 Å². The summed E-state index contributed by atoms with van der Waals surface area (Å²) in [4.78, 5) is 14.1. The molecule has 0 radical (unpaired) electrons. The van der Waals surface area contributed by atoms with Gasteiger partial charge in [-0.2, -0.15) is 0 Å². The summed E-state index contributed by atoms with van der Waals surface area (Å²) in [6.07, 6.45) is 0.380. The molecule has 5 heteroatoms. The van der Waals surface area contributed by atoms with Gasteiger partial charge in [0.05, 0.1) is 13.2 Å². The molecule has 0 fully saturated rings. The Kier molecular flexibility index (Phi) is 5.64. The van der Waals surface area contributed by atoms with Gasteiger partial charge in [0.1, 0.15) is 5.75 Å². The van der Waals surface area contributed by atoms with Crippen LogP contribution < -0.4 is 15.4 Å². The minimum atomic E-state index is -0.662. The van der Waals surface area contributed by atoms with Gasteiger partial charge in [-0.1, -0.05) is 29.8 Å². The number of rotatable bonds is 5. The SMILES string of the molecule is COc1cc(C)c(C[C@@H](N)C(=O)N(C)c2ccccc2)c(Cl)c1. The van der Waals surface area contributed by atoms with E-state index < -0.39 is 6.04 Å². The maximum atomic E-state index is 12.5. The fourth-order valence-corrected chi connectivity index (χ4v) is 2.79. The summed E-state index contributed by atoms with van der Waals surface area (Å²) in [7, 11) is 3.31. The number of ether oxygens (including phenoxy) is 1. The number of carbonyl (C=O) groups excluding carboxylic acids is 1. The molecule has 0 unspecified atom stereocenters. The molecule has 0 bridgehead atoms. The summed E-state index contributed by atoms with van der Waals surface area (Å²) in [5.74, 6) is 0.542. The first kappa shape index (κ1) is 17.3. The third kappa shape index (κ3) is 4.03. The Morgan fingerprint density at radius 1 is 1.30 bits per heavy atom. The van der Waals surface area contributed by atoms with Crippen LogP contribution in [0.1, 0.15) is 11.1 Å². The van der Waals surface area contributed by atoms with E-state index in [1.807, 2.05) is 43.3 Å². The molecule has 2 rings (SSSR count). The summed E-state index contributed by atoms with van der Waals surface area (Å²) < 4.78 is 5.19. The highest BCUT2D eigenvalue weighted by Crippen LogP contribution is 2.27. The third-order valence-corrected chi connectivity index (χ3v) is 4.18. The van der Waals surface area contributed by atoms with Crippen molar-refractivity contribution in [1.29, 1.82) is 0 Å². The molecule has 0 saturated carbocycles. The molecule has 0 aliphatic rings. The first-order chi connectivity index (χ1) is 10.9. The van der Waals surface area contributed by atoms with Gasteiger partial charge in [-0.05, 0) is 48.7 Å². The zero-order valence-corrected chi connectivity index (χ0v) is 14.3. The molecule has 2 aromatic carbocycles. The molecule has 1 amide bonds. The first-order valence-corrected chi connectivity index (χ1v) is 7.73. The van der Waals surface area contributed by atoms with E-state index in [0.717, 1.165) is 16.8 Å². The van der Waals surface area contributed by atoms with Gasteiger partial charge in [-0.25, -0.2) is 0 Å². The zero-order valence-electron chi connectivity index (χ0n) is 13.5. The number of hydrogen-bond donors (Lipinski definition) is 1. The summed E-state index contributed by atoms with van der Waals surface area (Å²) in [5, 5.41) is 0.562. The Morgan fingerprint density at radius 3 is 2.52 bits per heavy atom. The average Bonchev–Trinajstić information content (AvgIpc) is 2.57. The van der Waals surface area contributed by atoms with Crippen LogP contribution in [0.4, 0.5) is 5.69 Å². The fourth-order valence-electron chi connectivity index (χ4n) is 2.45. The van der Waals surface area contributed by atoms with Crippen LogP contribution in [0.25, 0.3) is 0 Å². The highest BCUT2D eigenvalue weighted by Gasteiger charge is 2.21. The van der Waals surface area contributed by atoms with Gasteiger partial charge in [-0.3, -0.25) is 4.79 Å². The highest BCUT2D eigenvalue weighted by molar-refractivity contribution is 6.31. The van der Waals surface area contributed by atoms with Crippen molar-refractivity contribution in [3.63, 3.8) is 0 Å². The molecule has 0 aromatic heterocycles. The largest absolute Gasteiger partial charge is 0.497 e. The molecule has 2 aromatic rings. The molecule has 0 saturated heterocycles. The lowest BCUT2D eigenvalue weighted by Gasteiger charge is -2.22. The molecule has 23 heavy (non-hydrogen) atoms. The van der Waals surface area contributed by atoms with E-state index in [4.69, 9.17) is 22.1 Å². The molecule has 122 valence electrons. The Balaban J connectivity index is 2.16. The van der Waals surface area contributed by atoms with Crippen LogP contribution in [0.15, 0.2) is 42.5 Å². The van der Waals surface area contributed by atoms with E-state index in [2.05, 4.69) is 0 Å². The number of para-hydroxylation sites is 1. The van der Waals surface area contributed by atoms with Crippen molar-refractivity contribution in [2.24, 2.45) is 5.73 Å². The average molecular weight is 333 g/mol. The number of nitrogens with two attached hydrogens (primary N) is 1. The van der Waals surface area contributed by atoms with Crippen molar-refractivity contribution >= 4 is 23.2 Å². The molecule has 0 heterocycles. The molecule has 0 spiro atoms. The molecular weight excluding hydrogens is 312 g/mol. The topological polar surface area (TPSA) is 55.6 Å². The fraction of sp³-hybridized carbons (Fsp3) is 0.278. The van der Waals surface area contributed by atoms with E-state index in [9.17, 15) is 4.79 Å². The van der Waals surface area contributed by atoms with Gasteiger partial charge in [0.2, 0.25) is 5.91 Å². The number of anilines is 1. The number of benzene rings is 2. The quantitative estimate of drug-likeness (QED) is 0.914. The van der Waals surface area contributed by atoms with Gasteiger partial charge in [0, 0.05) is 17.8 Å². The normalized spacial score (nSPS) is 11.9. The van der Waals surface area contributed by atoms with E-state index >= 15 is 0 Å². The van der Waals surface area contributed by atoms with Gasteiger partial charge in [-0.15, -0.1) is 0 Å². The molecular formula is C18H21ClN2O2. The second-order valence-corrected chi connectivity index (χ2v) is 5.86. The maximum Gasteiger partial charge on any atom is 0.243 e. The number of methoxy groups -OCH3 is 1. The predicted octanol–water partition coefficient (Wildman–Crippen LogP) is 3.19. The van der Waals surface area contributed by atoms with Gasteiger partial charge in [0.25, 0.3) is 0 Å². The molecule has 2 N–H and O–H groups in total. The number of aryl methyl sites for hydroxylation is 1. The smallest absolute Gasteiger partial charge is 0.243 e. The Morgan fingerprint density at radius 2 is 1.96 bits per heavy atom. The van der Waals surface area contributed by atoms with Crippen molar-refractivity contribution in [2.45, 2.75) is 19.4 Å². The van der Waals surface area contributed by atoms with Gasteiger partial charge < -0.3 is 15.4 Å². The first-order valence-electron chi connectivity index (χ1n) is 7.35. The lowest BCUT2D eigenvalue weighted by Crippen LogP contribution is -2.43. The van der Waals surface area contributed by atoms with Crippen LogP contribution in [0.5, 0.6) is 5.75 Å². The third-order valence-electron chi connectivity index (χ3n) is 3.84. The number of hydrogen-bond acceptors (Lipinski definition) is 3. The standard InChI is InChI=1S/C18H21ClN2O2/c1-12-9-14(23-3)10-16(19)15(12)11-17(20)18(22)21(2)13-7-5-4-6-8-13/h4-10,17H,11,20H2,1-3H3/t17-/m1/s1. The van der Waals surface area contributed by atoms with Crippen LogP contribution in [-0.2, 0) is 11.2 Å². The lowest BCUT2D eigenvalue weighted by molar-refractivity contribution is -0.119. The van der Waals surface area contributed by atoms with E-state index in [0.29, 0.717) is 17.2 Å². The Bertz CT molecular complexity index is 666. The predicted molar refractivity (Wildman–Crippen MR) is 94.3 cm³/mol. The summed E-state index contributed by atoms with van der Waals surface area (Å²) in [6, 6.07) is 12.4. The molecule has 0 aliphatic heterocycles. The van der Waals surface area contributed by atoms with Crippen molar-refractivity contribution < 1.29 is 9.53 Å². The number of carbonyl (C=O) groups is 1. The number of amides is 1. The van der Waals surface area contributed by atoms with Crippen LogP contribution in [0.3, 0.4) is 0 Å². The second kappa shape index (κ2) is 7.49. The van der Waals surface area contributed by atoms with Crippen molar-refractivity contribution in [3.8, 4) is 5.75 Å². The Hall–Kier alpha value is -2.04. The van der Waals surface area contributed by atoms with Gasteiger partial charge in [0.15, 0.2) is 0 Å². The maximum absolute atomic E-state index is 12.5. The minimum Gasteiger partial charge on any atom is -0.497 e. The second-order valence-electron chi connectivity index (χ2n) is 5.45. The van der Waals surface area contributed by atoms with Crippen molar-refractivity contribution in [3.05, 3.63) is 58.6 Å². The van der Waals surface area contributed by atoms with Crippen molar-refractivity contribution in [2.75, 3.05) is 19.1 Å². The zero-order chi connectivity index (χ0) is 17.0. The van der Waals surface area contributed by atoms with Crippen molar-refractivity contribution in [1.82, 2.24) is 0 Å². The summed E-state index contributed by atoms with van der Waals surface area (Å²) in [6.45, 7) is 1.93. The van der Waals surface area contributed by atoms with Crippen LogP contribution in [0, 0.1) is 6.92 Å². The molecule has 1 atom stereocenters. The van der Waals surface area contributed by atoms with E-state index in [1.165, 1.54) is 0 Å². The molecule has 4 nitrogen and oxygen atoms in total. The summed E-state index contributed by atoms with van der Waals surface area (Å²) in [5.41, 5.74) is 8.75.